The number of hydrogen-bond donors (Lipinski definition) is 0. The van der Waals surface area contributed by atoms with E-state index in [1.165, 1.54) is 21.3 Å². The average molecular weight is 360 g/mol. The first-order valence-corrected chi connectivity index (χ1v) is 7.98. The van der Waals surface area contributed by atoms with E-state index in [9.17, 15) is 4.79 Å². The van der Waals surface area contributed by atoms with Crippen molar-refractivity contribution in [3.05, 3.63) is 35.4 Å². The van der Waals surface area contributed by atoms with Crippen molar-refractivity contribution in [3.63, 3.8) is 0 Å². The zero-order valence-electron chi connectivity index (χ0n) is 15.9. The summed E-state index contributed by atoms with van der Waals surface area (Å²) in [6, 6.07) is 7.18. The molecule has 0 spiro atoms. The van der Waals surface area contributed by atoms with Gasteiger partial charge < -0.3 is 14.4 Å². The SMILES string of the molecule is CCC(=N/N=C(/C)c1ccccc1/C(=N/OC)C(=O)OC)/C(C)=N\OC. The van der Waals surface area contributed by atoms with E-state index in [-0.39, 0.29) is 5.71 Å². The Morgan fingerprint density at radius 3 is 2.12 bits per heavy atom. The van der Waals surface area contributed by atoms with E-state index < -0.39 is 5.97 Å². The quantitative estimate of drug-likeness (QED) is 0.405. The highest BCUT2D eigenvalue weighted by molar-refractivity contribution is 6.44. The predicted octanol–water partition coefficient (Wildman–Crippen LogP) is 2.81. The van der Waals surface area contributed by atoms with Crippen LogP contribution in [0.2, 0.25) is 0 Å². The maximum atomic E-state index is 12.0. The van der Waals surface area contributed by atoms with Crippen molar-refractivity contribution in [2.45, 2.75) is 27.2 Å². The summed E-state index contributed by atoms with van der Waals surface area (Å²) in [5.41, 5.74) is 3.23. The number of carbonyl (C=O) groups excluding carboxylic acids is 1. The topological polar surface area (TPSA) is 94.2 Å². The highest BCUT2D eigenvalue weighted by Gasteiger charge is 2.20. The summed E-state index contributed by atoms with van der Waals surface area (Å²) in [5.74, 6) is -0.604. The summed E-state index contributed by atoms with van der Waals surface area (Å²) in [6.07, 6.45) is 0.648. The Kier molecular flexibility index (Phi) is 8.69. The van der Waals surface area contributed by atoms with Crippen molar-refractivity contribution >= 4 is 28.8 Å². The second kappa shape index (κ2) is 10.8. The number of methoxy groups -OCH3 is 1. The third kappa shape index (κ3) is 5.51. The molecule has 0 amide bonds. The number of carbonyl (C=O) groups is 1. The molecule has 8 nitrogen and oxygen atoms in total. The van der Waals surface area contributed by atoms with E-state index in [1.807, 2.05) is 19.1 Å². The van der Waals surface area contributed by atoms with Crippen LogP contribution in [0.3, 0.4) is 0 Å². The fraction of sp³-hybridized carbons (Fsp3) is 0.389. The average Bonchev–Trinajstić information content (AvgIpc) is 2.66. The van der Waals surface area contributed by atoms with Crippen LogP contribution in [0.4, 0.5) is 0 Å². The first kappa shape index (κ1) is 21.0. The lowest BCUT2D eigenvalue weighted by Crippen LogP contribution is -2.20. The molecule has 0 aliphatic rings. The van der Waals surface area contributed by atoms with Gasteiger partial charge in [0.2, 0.25) is 0 Å². The van der Waals surface area contributed by atoms with Crippen LogP contribution >= 0.6 is 0 Å². The number of benzene rings is 1. The minimum Gasteiger partial charge on any atom is -0.464 e. The molecule has 140 valence electrons. The third-order valence-electron chi connectivity index (χ3n) is 3.43. The Hall–Kier alpha value is -3.03. The van der Waals surface area contributed by atoms with Gasteiger partial charge in [-0.25, -0.2) is 4.79 Å². The number of rotatable bonds is 8. The van der Waals surface area contributed by atoms with Crippen molar-refractivity contribution in [2.24, 2.45) is 20.5 Å². The molecule has 26 heavy (non-hydrogen) atoms. The molecule has 8 heteroatoms. The van der Waals surface area contributed by atoms with Gasteiger partial charge in [-0.2, -0.15) is 10.2 Å². The van der Waals surface area contributed by atoms with Gasteiger partial charge in [0.25, 0.3) is 0 Å². The molecule has 0 saturated carbocycles. The normalized spacial score (nSPS) is 13.5. The van der Waals surface area contributed by atoms with Crippen LogP contribution < -0.4 is 0 Å². The smallest absolute Gasteiger partial charge is 0.360 e. The fourth-order valence-electron chi connectivity index (χ4n) is 2.17. The Morgan fingerprint density at radius 1 is 0.962 bits per heavy atom. The van der Waals surface area contributed by atoms with Crippen molar-refractivity contribution in [1.29, 1.82) is 0 Å². The van der Waals surface area contributed by atoms with Gasteiger partial charge >= 0.3 is 5.97 Å². The molecule has 0 saturated heterocycles. The van der Waals surface area contributed by atoms with Gasteiger partial charge in [-0.05, 0) is 20.3 Å². The van der Waals surface area contributed by atoms with Crippen LogP contribution in [0.5, 0.6) is 0 Å². The molecule has 0 heterocycles. The molecular weight excluding hydrogens is 336 g/mol. The maximum absolute atomic E-state index is 12.0. The summed E-state index contributed by atoms with van der Waals surface area (Å²) in [7, 11) is 4.13. The van der Waals surface area contributed by atoms with Gasteiger partial charge in [0, 0.05) is 11.1 Å². The lowest BCUT2D eigenvalue weighted by atomic mass is 10.00. The number of ether oxygens (including phenoxy) is 1. The number of hydrogen-bond acceptors (Lipinski definition) is 8. The van der Waals surface area contributed by atoms with Gasteiger partial charge in [-0.3, -0.25) is 0 Å². The van der Waals surface area contributed by atoms with Gasteiger partial charge in [-0.15, -0.1) is 0 Å². The van der Waals surface area contributed by atoms with E-state index in [1.54, 1.807) is 26.0 Å². The lowest BCUT2D eigenvalue weighted by molar-refractivity contribution is -0.132. The van der Waals surface area contributed by atoms with Gasteiger partial charge in [0.1, 0.15) is 14.2 Å². The molecule has 1 aromatic rings. The first-order valence-electron chi connectivity index (χ1n) is 7.98. The Bertz CT molecular complexity index is 751. The van der Waals surface area contributed by atoms with Crippen LogP contribution in [0.25, 0.3) is 0 Å². The molecule has 0 radical (unpaired) electrons. The molecule has 0 N–H and O–H groups in total. The van der Waals surface area contributed by atoms with Crippen molar-refractivity contribution in [1.82, 2.24) is 0 Å². The minimum atomic E-state index is -0.604. The van der Waals surface area contributed by atoms with Crippen LogP contribution in [0.1, 0.15) is 38.3 Å². The van der Waals surface area contributed by atoms with E-state index in [0.717, 1.165) is 0 Å². The molecule has 1 aromatic carbocycles. The monoisotopic (exact) mass is 360 g/mol. The predicted molar refractivity (Wildman–Crippen MR) is 102 cm³/mol. The van der Waals surface area contributed by atoms with E-state index in [4.69, 9.17) is 14.4 Å². The maximum Gasteiger partial charge on any atom is 0.360 e. The number of esters is 1. The van der Waals surface area contributed by atoms with Crippen LogP contribution in [-0.4, -0.2) is 50.1 Å². The summed E-state index contributed by atoms with van der Waals surface area (Å²) in [6.45, 7) is 5.54. The van der Waals surface area contributed by atoms with Gasteiger partial charge in [0.15, 0.2) is 5.71 Å². The Balaban J connectivity index is 3.37. The number of nitrogens with zero attached hydrogens (tertiary/aromatic N) is 4. The molecule has 0 atom stereocenters. The van der Waals surface area contributed by atoms with Crippen molar-refractivity contribution in [3.8, 4) is 0 Å². The zero-order chi connectivity index (χ0) is 19.5. The van der Waals surface area contributed by atoms with Gasteiger partial charge in [-0.1, -0.05) is 41.5 Å². The highest BCUT2D eigenvalue weighted by Crippen LogP contribution is 2.13. The molecule has 0 aliphatic heterocycles. The minimum absolute atomic E-state index is 0.0528. The second-order valence-corrected chi connectivity index (χ2v) is 5.10. The molecule has 0 aromatic heterocycles. The molecule has 0 aliphatic carbocycles. The fourth-order valence-corrected chi connectivity index (χ4v) is 2.17. The molecule has 1 rings (SSSR count). The molecular formula is C18H24N4O4. The molecule has 0 fully saturated rings. The Morgan fingerprint density at radius 2 is 1.58 bits per heavy atom. The van der Waals surface area contributed by atoms with Crippen LogP contribution in [0, 0.1) is 0 Å². The third-order valence-corrected chi connectivity index (χ3v) is 3.43. The molecule has 0 bridgehead atoms. The van der Waals surface area contributed by atoms with Gasteiger partial charge in [0.05, 0.1) is 24.2 Å². The van der Waals surface area contributed by atoms with Crippen molar-refractivity contribution in [2.75, 3.05) is 21.3 Å². The summed E-state index contributed by atoms with van der Waals surface area (Å²) >= 11 is 0. The summed E-state index contributed by atoms with van der Waals surface area (Å²) in [5, 5.41) is 16.2. The first-order chi connectivity index (χ1) is 12.5. The zero-order valence-corrected chi connectivity index (χ0v) is 15.9. The van der Waals surface area contributed by atoms with E-state index >= 15 is 0 Å². The van der Waals surface area contributed by atoms with E-state index in [0.29, 0.717) is 34.7 Å². The van der Waals surface area contributed by atoms with Crippen LogP contribution in [-0.2, 0) is 19.2 Å². The molecule has 0 unspecified atom stereocenters. The van der Waals surface area contributed by atoms with Crippen LogP contribution in [0.15, 0.2) is 44.8 Å². The van der Waals surface area contributed by atoms with E-state index in [2.05, 4.69) is 20.5 Å². The Labute approximate surface area is 153 Å². The second-order valence-electron chi connectivity index (χ2n) is 5.10. The number of oxime groups is 2. The highest BCUT2D eigenvalue weighted by atomic mass is 16.6. The van der Waals surface area contributed by atoms with Crippen molar-refractivity contribution < 1.29 is 19.2 Å². The lowest BCUT2D eigenvalue weighted by Gasteiger charge is -2.09. The summed E-state index contributed by atoms with van der Waals surface area (Å²) < 4.78 is 4.78. The standard InChI is InChI=1S/C18H24N4O4/c1-7-16(13(3)21-25-5)20-19-12(2)14-10-8-9-11-15(14)17(22-26-6)18(23)24-4/h8-11H,7H2,1-6H3/b19-12-,20-16-,21-13-,22-17-. The largest absolute Gasteiger partial charge is 0.464 e. The summed E-state index contributed by atoms with van der Waals surface area (Å²) in [4.78, 5) is 21.6.